The SMILES string of the molecule is CC.Cc1ccc(SCC(=O)O)cc1. The summed E-state index contributed by atoms with van der Waals surface area (Å²) in [7, 11) is 0. The molecule has 0 fully saturated rings. The number of carboxylic acids is 1. The fraction of sp³-hybridized carbons (Fsp3) is 0.364. The maximum atomic E-state index is 10.2. The molecule has 0 saturated heterocycles. The van der Waals surface area contributed by atoms with Gasteiger partial charge in [-0.1, -0.05) is 31.5 Å². The van der Waals surface area contributed by atoms with Gasteiger partial charge in [0.1, 0.15) is 0 Å². The molecule has 78 valence electrons. The molecule has 1 aromatic rings. The minimum absolute atomic E-state index is 0.128. The molecule has 0 heterocycles. The molecule has 3 heteroatoms. The Bertz CT molecular complexity index is 267. The van der Waals surface area contributed by atoms with E-state index in [2.05, 4.69) is 0 Å². The minimum Gasteiger partial charge on any atom is -0.481 e. The molecule has 0 radical (unpaired) electrons. The van der Waals surface area contributed by atoms with Crippen molar-refractivity contribution in [1.82, 2.24) is 0 Å². The summed E-state index contributed by atoms with van der Waals surface area (Å²) < 4.78 is 0. The van der Waals surface area contributed by atoms with Gasteiger partial charge in [-0.2, -0.15) is 0 Å². The van der Waals surface area contributed by atoms with E-state index in [4.69, 9.17) is 5.11 Å². The van der Waals surface area contributed by atoms with Crippen molar-refractivity contribution in [3.05, 3.63) is 29.8 Å². The minimum atomic E-state index is -0.777. The highest BCUT2D eigenvalue weighted by Gasteiger charge is 1.98. The summed E-state index contributed by atoms with van der Waals surface area (Å²) in [6.45, 7) is 6.01. The highest BCUT2D eigenvalue weighted by Crippen LogP contribution is 2.17. The number of carboxylic acid groups (broad SMARTS) is 1. The summed E-state index contributed by atoms with van der Waals surface area (Å²) in [5, 5.41) is 8.41. The first kappa shape index (κ1) is 13.0. The van der Waals surface area contributed by atoms with Crippen LogP contribution in [-0.4, -0.2) is 16.8 Å². The maximum Gasteiger partial charge on any atom is 0.313 e. The van der Waals surface area contributed by atoms with Crippen LogP contribution in [0.5, 0.6) is 0 Å². The summed E-state index contributed by atoms with van der Waals surface area (Å²) in [4.78, 5) is 11.2. The second-order valence-electron chi connectivity index (χ2n) is 2.50. The molecule has 0 bridgehead atoms. The zero-order chi connectivity index (χ0) is 11.0. The third-order valence-corrected chi connectivity index (χ3v) is 2.38. The lowest BCUT2D eigenvalue weighted by molar-refractivity contribution is -0.133. The normalized spacial score (nSPS) is 8.79. The van der Waals surface area contributed by atoms with Gasteiger partial charge in [0.2, 0.25) is 0 Å². The van der Waals surface area contributed by atoms with Gasteiger partial charge in [0, 0.05) is 4.90 Å². The van der Waals surface area contributed by atoms with Crippen LogP contribution in [0.25, 0.3) is 0 Å². The van der Waals surface area contributed by atoms with Crippen molar-refractivity contribution >= 4 is 17.7 Å². The van der Waals surface area contributed by atoms with Crippen LogP contribution in [0.2, 0.25) is 0 Å². The fourth-order valence-electron chi connectivity index (χ4n) is 0.780. The zero-order valence-electron chi connectivity index (χ0n) is 8.78. The lowest BCUT2D eigenvalue weighted by atomic mass is 10.2. The molecule has 0 saturated carbocycles. The molecule has 1 aromatic carbocycles. The molecule has 0 aliphatic carbocycles. The number of rotatable bonds is 3. The topological polar surface area (TPSA) is 37.3 Å². The first-order valence-corrected chi connectivity index (χ1v) is 5.58. The molecule has 2 nitrogen and oxygen atoms in total. The van der Waals surface area contributed by atoms with Gasteiger partial charge in [-0.05, 0) is 19.1 Å². The molecule has 1 rings (SSSR count). The third kappa shape index (κ3) is 5.65. The Hall–Kier alpha value is -0.960. The predicted octanol–water partition coefficient (Wildman–Crippen LogP) is 3.20. The van der Waals surface area contributed by atoms with Crippen LogP contribution >= 0.6 is 11.8 Å². The lowest BCUT2D eigenvalue weighted by Crippen LogP contribution is -1.97. The number of carbonyl (C=O) groups is 1. The summed E-state index contributed by atoms with van der Waals surface area (Å²) in [6.07, 6.45) is 0. The molecule has 0 atom stereocenters. The van der Waals surface area contributed by atoms with E-state index in [0.717, 1.165) is 4.90 Å². The number of thioether (sulfide) groups is 1. The highest BCUT2D eigenvalue weighted by atomic mass is 32.2. The van der Waals surface area contributed by atoms with E-state index in [1.165, 1.54) is 17.3 Å². The van der Waals surface area contributed by atoms with Gasteiger partial charge in [0.05, 0.1) is 5.75 Å². The smallest absolute Gasteiger partial charge is 0.313 e. The van der Waals surface area contributed by atoms with Gasteiger partial charge in [-0.3, -0.25) is 4.79 Å². The monoisotopic (exact) mass is 212 g/mol. The van der Waals surface area contributed by atoms with Crippen molar-refractivity contribution < 1.29 is 9.90 Å². The Morgan fingerprint density at radius 2 is 1.79 bits per heavy atom. The molecule has 14 heavy (non-hydrogen) atoms. The van der Waals surface area contributed by atoms with Gasteiger partial charge < -0.3 is 5.11 Å². The Kier molecular flexibility index (Phi) is 6.93. The standard InChI is InChI=1S/C9H10O2S.C2H6/c1-7-2-4-8(5-3-7)12-6-9(10)11;1-2/h2-5H,6H2,1H3,(H,10,11);1-2H3. The van der Waals surface area contributed by atoms with Crippen LogP contribution in [0.3, 0.4) is 0 Å². The first-order valence-electron chi connectivity index (χ1n) is 4.60. The van der Waals surface area contributed by atoms with Crippen molar-refractivity contribution in [3.63, 3.8) is 0 Å². The van der Waals surface area contributed by atoms with E-state index in [0.29, 0.717) is 0 Å². The van der Waals surface area contributed by atoms with Crippen molar-refractivity contribution in [2.45, 2.75) is 25.7 Å². The molecule has 0 aliphatic rings. The van der Waals surface area contributed by atoms with Gasteiger partial charge in [0.25, 0.3) is 0 Å². The average Bonchev–Trinajstić information content (AvgIpc) is 2.20. The van der Waals surface area contributed by atoms with Crippen molar-refractivity contribution in [2.24, 2.45) is 0 Å². The van der Waals surface area contributed by atoms with Gasteiger partial charge in [-0.15, -0.1) is 11.8 Å². The quantitative estimate of drug-likeness (QED) is 0.782. The maximum absolute atomic E-state index is 10.2. The van der Waals surface area contributed by atoms with Crippen LogP contribution in [0.15, 0.2) is 29.2 Å². The van der Waals surface area contributed by atoms with Crippen LogP contribution in [0.1, 0.15) is 19.4 Å². The van der Waals surface area contributed by atoms with E-state index >= 15 is 0 Å². The number of hydrogen-bond acceptors (Lipinski definition) is 2. The van der Waals surface area contributed by atoms with Crippen molar-refractivity contribution in [2.75, 3.05) is 5.75 Å². The number of benzene rings is 1. The van der Waals surface area contributed by atoms with E-state index in [9.17, 15) is 4.79 Å². The summed E-state index contributed by atoms with van der Waals surface area (Å²) in [5.41, 5.74) is 1.19. The van der Waals surface area contributed by atoms with E-state index in [-0.39, 0.29) is 5.75 Å². The predicted molar refractivity (Wildman–Crippen MR) is 60.9 cm³/mol. The van der Waals surface area contributed by atoms with Gasteiger partial charge in [0.15, 0.2) is 0 Å². The molecule has 0 unspecified atom stereocenters. The Labute approximate surface area is 89.3 Å². The first-order chi connectivity index (χ1) is 6.68. The number of hydrogen-bond donors (Lipinski definition) is 1. The summed E-state index contributed by atoms with van der Waals surface area (Å²) in [5.74, 6) is -0.649. The van der Waals surface area contributed by atoms with Crippen LogP contribution < -0.4 is 0 Å². The number of aryl methyl sites for hydroxylation is 1. The van der Waals surface area contributed by atoms with E-state index in [1.54, 1.807) is 0 Å². The molecule has 0 aliphatic heterocycles. The third-order valence-electron chi connectivity index (χ3n) is 1.38. The second kappa shape index (κ2) is 7.44. The molecular weight excluding hydrogens is 196 g/mol. The Morgan fingerprint density at radius 3 is 2.21 bits per heavy atom. The lowest BCUT2D eigenvalue weighted by Gasteiger charge is -1.97. The zero-order valence-corrected chi connectivity index (χ0v) is 9.60. The fourth-order valence-corrected chi connectivity index (χ4v) is 1.40. The van der Waals surface area contributed by atoms with Crippen LogP contribution in [-0.2, 0) is 4.79 Å². The highest BCUT2D eigenvalue weighted by molar-refractivity contribution is 8.00. The number of aliphatic carboxylic acids is 1. The molecule has 1 N–H and O–H groups in total. The summed E-state index contributed by atoms with van der Waals surface area (Å²) in [6, 6.07) is 7.82. The molecule has 0 amide bonds. The molecular formula is C11H16O2S. The van der Waals surface area contributed by atoms with Gasteiger partial charge >= 0.3 is 5.97 Å². The van der Waals surface area contributed by atoms with E-state index < -0.39 is 5.97 Å². The van der Waals surface area contributed by atoms with Crippen LogP contribution in [0.4, 0.5) is 0 Å². The largest absolute Gasteiger partial charge is 0.481 e. The molecule has 0 aromatic heterocycles. The second-order valence-corrected chi connectivity index (χ2v) is 3.54. The van der Waals surface area contributed by atoms with Crippen molar-refractivity contribution in [3.8, 4) is 0 Å². The Morgan fingerprint density at radius 1 is 1.29 bits per heavy atom. The Balaban J connectivity index is 0.000000791. The molecule has 0 spiro atoms. The van der Waals surface area contributed by atoms with E-state index in [1.807, 2.05) is 45.0 Å². The van der Waals surface area contributed by atoms with Crippen molar-refractivity contribution in [1.29, 1.82) is 0 Å². The van der Waals surface area contributed by atoms with Crippen LogP contribution in [0, 0.1) is 6.92 Å². The summed E-state index contributed by atoms with van der Waals surface area (Å²) >= 11 is 1.34. The average molecular weight is 212 g/mol. The van der Waals surface area contributed by atoms with Gasteiger partial charge in [-0.25, -0.2) is 0 Å².